The van der Waals surface area contributed by atoms with E-state index in [0.29, 0.717) is 6.07 Å². The van der Waals surface area contributed by atoms with Crippen LogP contribution in [0.5, 0.6) is 0 Å². The van der Waals surface area contributed by atoms with Crippen LogP contribution < -0.4 is 75.5 Å². The van der Waals surface area contributed by atoms with Gasteiger partial charge in [0.1, 0.15) is 20.2 Å². The van der Waals surface area contributed by atoms with Crippen molar-refractivity contribution >= 4 is 76.4 Å². The van der Waals surface area contributed by atoms with E-state index in [9.17, 15) is 40.3 Å². The Balaban J connectivity index is 0.00000280. The molecule has 0 unspecified atom stereocenters. The fraction of sp³-hybridized carbons (Fsp3) is 0. The van der Waals surface area contributed by atoms with Gasteiger partial charge in [-0.3, -0.25) is 14.4 Å². The molecule has 3 aromatic carbocycles. The summed E-state index contributed by atoms with van der Waals surface area (Å²) in [6, 6.07) is 9.36. The van der Waals surface area contributed by atoms with Gasteiger partial charge in [-0.25, -0.2) is 16.8 Å². The van der Waals surface area contributed by atoms with Gasteiger partial charge in [-0.1, -0.05) is 30.8 Å². The molecule has 3 aromatic rings. The van der Waals surface area contributed by atoms with Crippen LogP contribution >= 0.6 is 15.9 Å². The van der Waals surface area contributed by atoms with Gasteiger partial charge in [-0.15, -0.1) is 0 Å². The molecule has 0 atom stereocenters. The smallest absolute Gasteiger partial charge is 0.744 e. The number of rotatable bonds is 6. The number of nitrogens with two attached hydrogens (primary N) is 1. The Kier molecular flexibility index (Phi) is 10.8. The second kappa shape index (κ2) is 12.5. The second-order valence-electron chi connectivity index (χ2n) is 7.89. The van der Waals surface area contributed by atoms with Crippen LogP contribution in [0.1, 0.15) is 31.8 Å². The first kappa shape index (κ1) is 34.3. The minimum absolute atomic E-state index is 0. The van der Waals surface area contributed by atoms with Gasteiger partial charge in [-0.2, -0.15) is 0 Å². The van der Waals surface area contributed by atoms with E-state index in [-0.39, 0.29) is 80.4 Å². The number of ketones is 2. The molecular weight excluding hydrogens is 652 g/mol. The Bertz CT molecular complexity index is 1830. The SMILES string of the molecule is C=C(Br)C(=O)Nc1ccc(Nc2cc(S(=O)(=O)[O-])c(N)c3c2C(=O)c2ccccc2C3=O)c(S(=O)(=O)[O-])c1.[Na+].[Na+]. The van der Waals surface area contributed by atoms with E-state index in [4.69, 9.17) is 5.73 Å². The van der Waals surface area contributed by atoms with Crippen molar-refractivity contribution in [1.29, 1.82) is 0 Å². The number of hydrogen-bond donors (Lipinski definition) is 3. The largest absolute Gasteiger partial charge is 1.00 e. The molecule has 196 valence electrons. The zero-order valence-electron chi connectivity index (χ0n) is 20.8. The van der Waals surface area contributed by atoms with Crippen LogP contribution in [0.15, 0.2) is 69.4 Å². The molecule has 40 heavy (non-hydrogen) atoms. The number of hydrogen-bond acceptors (Lipinski definition) is 11. The van der Waals surface area contributed by atoms with Crippen molar-refractivity contribution in [3.05, 3.63) is 81.8 Å². The van der Waals surface area contributed by atoms with Crippen LogP contribution in [0, 0.1) is 0 Å². The third-order valence-corrected chi connectivity index (χ3v) is 7.61. The van der Waals surface area contributed by atoms with Crippen molar-refractivity contribution in [3.8, 4) is 0 Å². The van der Waals surface area contributed by atoms with E-state index in [1.54, 1.807) is 0 Å². The number of halogens is 1. The number of amides is 1. The number of nitrogen functional groups attached to an aromatic ring is 1. The summed E-state index contributed by atoms with van der Waals surface area (Å²) in [6.45, 7) is 3.37. The molecule has 1 aliphatic carbocycles. The van der Waals surface area contributed by atoms with Gasteiger partial charge in [0.05, 0.1) is 42.5 Å². The monoisotopic (exact) mass is 665 g/mol. The number of carbonyl (C=O) groups is 3. The van der Waals surface area contributed by atoms with Crippen molar-refractivity contribution < 1.29 is 99.4 Å². The minimum atomic E-state index is -5.29. The molecule has 1 amide bonds. The predicted molar refractivity (Wildman–Crippen MR) is 137 cm³/mol. The van der Waals surface area contributed by atoms with E-state index in [1.165, 1.54) is 30.3 Å². The summed E-state index contributed by atoms with van der Waals surface area (Å²) in [7, 11) is -10.5. The van der Waals surface area contributed by atoms with Gasteiger partial charge in [-0.05, 0) is 40.2 Å². The molecule has 0 saturated heterocycles. The summed E-state index contributed by atoms with van der Waals surface area (Å²) in [4.78, 5) is 36.6. The van der Waals surface area contributed by atoms with E-state index >= 15 is 0 Å². The molecule has 0 aromatic heterocycles. The molecule has 0 spiro atoms. The number of nitrogens with one attached hydrogen (secondary N) is 2. The van der Waals surface area contributed by atoms with Crippen molar-refractivity contribution in [2.24, 2.45) is 0 Å². The zero-order valence-corrected chi connectivity index (χ0v) is 28.0. The molecule has 4 N–H and O–H groups in total. The number of anilines is 4. The Morgan fingerprint density at radius 2 is 1.35 bits per heavy atom. The van der Waals surface area contributed by atoms with Gasteiger partial charge in [0.15, 0.2) is 11.6 Å². The first-order valence-corrected chi connectivity index (χ1v) is 13.9. The summed E-state index contributed by atoms with van der Waals surface area (Å²) in [6.07, 6.45) is 0. The first-order valence-electron chi connectivity index (χ1n) is 10.2. The van der Waals surface area contributed by atoms with Crippen LogP contribution in [-0.2, 0) is 25.0 Å². The van der Waals surface area contributed by atoms with Crippen LogP contribution in [-0.4, -0.2) is 43.4 Å². The fourth-order valence-corrected chi connectivity index (χ4v) is 5.25. The number of fused-ring (bicyclic) bond motifs is 2. The average Bonchev–Trinajstić information content (AvgIpc) is 2.82. The molecule has 0 heterocycles. The van der Waals surface area contributed by atoms with E-state index < -0.39 is 75.7 Å². The Morgan fingerprint density at radius 1 is 0.825 bits per heavy atom. The maximum Gasteiger partial charge on any atom is 1.00 e. The van der Waals surface area contributed by atoms with Crippen molar-refractivity contribution in [1.82, 2.24) is 0 Å². The van der Waals surface area contributed by atoms with E-state index in [2.05, 4.69) is 33.1 Å². The molecule has 0 aliphatic heterocycles. The molecule has 0 saturated carbocycles. The summed E-state index contributed by atoms with van der Waals surface area (Å²) in [5, 5.41) is 4.78. The van der Waals surface area contributed by atoms with Crippen LogP contribution in [0.3, 0.4) is 0 Å². The maximum atomic E-state index is 13.4. The summed E-state index contributed by atoms with van der Waals surface area (Å²) >= 11 is 2.86. The Hall–Kier alpha value is -1.89. The zero-order chi connectivity index (χ0) is 28.2. The maximum absolute atomic E-state index is 13.4. The molecule has 4 rings (SSSR count). The van der Waals surface area contributed by atoms with Crippen LogP contribution in [0.2, 0.25) is 0 Å². The first-order chi connectivity index (χ1) is 17.6. The predicted octanol–water partition coefficient (Wildman–Crippen LogP) is -3.55. The Morgan fingerprint density at radius 3 is 1.85 bits per heavy atom. The minimum Gasteiger partial charge on any atom is -0.744 e. The number of carbonyl (C=O) groups excluding carboxylic acids is 3. The quantitative estimate of drug-likeness (QED) is 0.0793. The summed E-state index contributed by atoms with van der Waals surface area (Å²) < 4.78 is 71.9. The summed E-state index contributed by atoms with van der Waals surface area (Å²) in [5.41, 5.74) is 2.97. The van der Waals surface area contributed by atoms with Gasteiger partial charge < -0.3 is 25.5 Å². The average molecular weight is 666 g/mol. The van der Waals surface area contributed by atoms with Crippen molar-refractivity contribution in [2.45, 2.75) is 9.79 Å². The molecular formula is C23H14BrN3Na2O9S2. The Labute approximate surface area is 281 Å². The molecule has 12 nitrogen and oxygen atoms in total. The van der Waals surface area contributed by atoms with Crippen LogP contribution in [0.4, 0.5) is 22.7 Å². The van der Waals surface area contributed by atoms with Crippen molar-refractivity contribution in [3.63, 3.8) is 0 Å². The third kappa shape index (κ3) is 6.60. The van der Waals surface area contributed by atoms with Gasteiger partial charge in [0.25, 0.3) is 5.91 Å². The van der Waals surface area contributed by atoms with Gasteiger partial charge in [0.2, 0.25) is 0 Å². The van der Waals surface area contributed by atoms with Gasteiger partial charge in [0, 0.05) is 16.8 Å². The van der Waals surface area contributed by atoms with E-state index in [1.807, 2.05) is 0 Å². The second-order valence-corrected chi connectivity index (χ2v) is 11.5. The molecule has 17 heteroatoms. The topological polar surface area (TPSA) is 216 Å². The van der Waals surface area contributed by atoms with Gasteiger partial charge >= 0.3 is 59.1 Å². The normalized spacial score (nSPS) is 12.3. The van der Waals surface area contributed by atoms with E-state index in [0.717, 1.165) is 12.1 Å². The molecule has 0 fully saturated rings. The summed E-state index contributed by atoms with van der Waals surface area (Å²) in [5.74, 6) is -2.35. The number of benzene rings is 3. The van der Waals surface area contributed by atoms with Crippen molar-refractivity contribution in [2.75, 3.05) is 16.4 Å². The molecule has 0 bridgehead atoms. The molecule has 1 aliphatic rings. The third-order valence-electron chi connectivity index (χ3n) is 5.49. The standard InChI is InChI=1S/C23H16BrN3O9S2.2Na/c1-10(24)23(30)26-11-6-7-14(16(8-11)37(31,32)33)27-15-9-17(38(34,35)36)20(25)19-18(15)21(28)12-4-2-3-5-13(12)22(19)29;;/h2-9,27H,1,25H2,(H,26,30)(H,31,32,33)(H,34,35,36);;/q;2*+1/p-2. The molecule has 0 radical (unpaired) electrons. The van der Waals surface area contributed by atoms with Crippen LogP contribution in [0.25, 0.3) is 0 Å². The fourth-order valence-electron chi connectivity index (χ4n) is 3.85.